The van der Waals surface area contributed by atoms with Gasteiger partial charge in [-0.2, -0.15) is 0 Å². The standard InChI is InChI=1S/C7HBrCl2OS/c8-3-1-2-4(5(3)11)7(10)12-6(2)9/h1H. The number of carbonyl (C=O) groups excluding carboxylic acids is 1. The van der Waals surface area contributed by atoms with Crippen LogP contribution < -0.4 is 0 Å². The van der Waals surface area contributed by atoms with E-state index in [0.29, 0.717) is 18.7 Å². The van der Waals surface area contributed by atoms with Crippen LogP contribution in [-0.4, -0.2) is 5.78 Å². The van der Waals surface area contributed by atoms with Crippen molar-refractivity contribution in [2.45, 2.75) is 0 Å². The Hall–Kier alpha value is 0.170. The number of ketones is 1. The zero-order valence-electron chi connectivity index (χ0n) is 5.53. The lowest BCUT2D eigenvalue weighted by molar-refractivity contribution is 0.104. The van der Waals surface area contributed by atoms with E-state index in [2.05, 4.69) is 15.9 Å². The van der Waals surface area contributed by atoms with Crippen LogP contribution in [0.1, 0.15) is 15.9 Å². The van der Waals surface area contributed by atoms with E-state index >= 15 is 0 Å². The van der Waals surface area contributed by atoms with Crippen LogP contribution in [0.15, 0.2) is 4.48 Å². The second-order valence-electron chi connectivity index (χ2n) is 2.26. The van der Waals surface area contributed by atoms with Gasteiger partial charge in [-0.05, 0) is 22.0 Å². The number of Topliss-reactive ketones (excluding diaryl/α,β-unsaturated/α-hetero) is 1. The average molecular weight is 284 g/mol. The molecule has 1 nitrogen and oxygen atoms in total. The predicted octanol–water partition coefficient (Wildman–Crippen LogP) is 3.99. The summed E-state index contributed by atoms with van der Waals surface area (Å²) in [4.78, 5) is 11.4. The summed E-state index contributed by atoms with van der Waals surface area (Å²) in [7, 11) is 0. The van der Waals surface area contributed by atoms with Gasteiger partial charge in [-0.3, -0.25) is 4.79 Å². The maximum Gasteiger partial charge on any atom is 0.203 e. The number of carbonyl (C=O) groups is 1. The highest BCUT2D eigenvalue weighted by molar-refractivity contribution is 9.12. The summed E-state index contributed by atoms with van der Waals surface area (Å²) in [5, 5.41) is 0. The monoisotopic (exact) mass is 282 g/mol. The third-order valence-corrected chi connectivity index (χ3v) is 3.80. The van der Waals surface area contributed by atoms with E-state index in [1.54, 1.807) is 6.08 Å². The molecule has 0 atom stereocenters. The minimum atomic E-state index is -0.0850. The molecule has 62 valence electrons. The number of rotatable bonds is 0. The van der Waals surface area contributed by atoms with Gasteiger partial charge in [-0.15, -0.1) is 11.3 Å². The Bertz CT molecular complexity index is 408. The fraction of sp³-hybridized carbons (Fsp3) is 0. The van der Waals surface area contributed by atoms with Gasteiger partial charge in [0.1, 0.15) is 8.67 Å². The third kappa shape index (κ3) is 1.08. The number of thiophene rings is 1. The van der Waals surface area contributed by atoms with Gasteiger partial charge in [0.25, 0.3) is 0 Å². The lowest BCUT2D eigenvalue weighted by Crippen LogP contribution is -1.91. The maximum atomic E-state index is 11.4. The van der Waals surface area contributed by atoms with Gasteiger partial charge in [-0.1, -0.05) is 23.2 Å². The Morgan fingerprint density at radius 2 is 2.00 bits per heavy atom. The molecule has 2 rings (SSSR count). The zero-order valence-corrected chi connectivity index (χ0v) is 9.44. The minimum absolute atomic E-state index is 0.0850. The van der Waals surface area contributed by atoms with Crippen LogP contribution in [0, 0.1) is 0 Å². The first kappa shape index (κ1) is 8.75. The van der Waals surface area contributed by atoms with Crippen LogP contribution in [-0.2, 0) is 0 Å². The molecule has 0 bridgehead atoms. The van der Waals surface area contributed by atoms with Gasteiger partial charge >= 0.3 is 0 Å². The quantitative estimate of drug-likeness (QED) is 0.704. The first-order chi connectivity index (χ1) is 5.61. The molecule has 0 aromatic carbocycles. The second kappa shape index (κ2) is 2.84. The Morgan fingerprint density at radius 1 is 1.33 bits per heavy atom. The van der Waals surface area contributed by atoms with E-state index in [4.69, 9.17) is 23.2 Å². The van der Waals surface area contributed by atoms with Gasteiger partial charge in [0.15, 0.2) is 0 Å². The fourth-order valence-electron chi connectivity index (χ4n) is 1.04. The molecule has 0 fully saturated rings. The van der Waals surface area contributed by atoms with Crippen molar-refractivity contribution in [2.24, 2.45) is 0 Å². The molecule has 1 aromatic heterocycles. The molecule has 1 aromatic rings. The molecule has 0 unspecified atom stereocenters. The van der Waals surface area contributed by atoms with Crippen molar-refractivity contribution in [2.75, 3.05) is 0 Å². The van der Waals surface area contributed by atoms with Crippen molar-refractivity contribution in [3.8, 4) is 0 Å². The summed E-state index contributed by atoms with van der Waals surface area (Å²) < 4.78 is 1.55. The molecule has 1 heterocycles. The van der Waals surface area contributed by atoms with Crippen LogP contribution >= 0.6 is 50.5 Å². The van der Waals surface area contributed by atoms with Gasteiger partial charge in [-0.25, -0.2) is 0 Å². The van der Waals surface area contributed by atoms with E-state index in [1.165, 1.54) is 11.3 Å². The molecule has 0 saturated carbocycles. The molecule has 0 saturated heterocycles. The Morgan fingerprint density at radius 3 is 2.58 bits per heavy atom. The fourth-order valence-corrected chi connectivity index (χ4v) is 3.12. The summed E-state index contributed by atoms with van der Waals surface area (Å²) in [6.45, 7) is 0. The van der Waals surface area contributed by atoms with Gasteiger partial charge in [0.05, 0.1) is 10.0 Å². The number of allylic oxidation sites excluding steroid dienone is 1. The highest BCUT2D eigenvalue weighted by Gasteiger charge is 2.28. The molecule has 0 N–H and O–H groups in total. The van der Waals surface area contributed by atoms with Crippen LogP contribution in [0.4, 0.5) is 0 Å². The summed E-state index contributed by atoms with van der Waals surface area (Å²) in [6.07, 6.45) is 1.70. The normalized spacial score (nSPS) is 14.9. The van der Waals surface area contributed by atoms with E-state index in [9.17, 15) is 4.79 Å². The van der Waals surface area contributed by atoms with Crippen LogP contribution in [0.3, 0.4) is 0 Å². The molecular weight excluding hydrogens is 283 g/mol. The smallest absolute Gasteiger partial charge is 0.203 e. The minimum Gasteiger partial charge on any atom is -0.288 e. The maximum absolute atomic E-state index is 11.4. The highest BCUT2D eigenvalue weighted by atomic mass is 79.9. The lowest BCUT2D eigenvalue weighted by atomic mass is 10.2. The van der Waals surface area contributed by atoms with Crippen molar-refractivity contribution in [3.05, 3.63) is 24.3 Å². The lowest BCUT2D eigenvalue weighted by Gasteiger charge is -1.88. The molecule has 5 heteroatoms. The molecule has 0 aliphatic heterocycles. The Balaban J connectivity index is 2.74. The van der Waals surface area contributed by atoms with E-state index in [1.807, 2.05) is 0 Å². The number of halogens is 3. The molecule has 0 radical (unpaired) electrons. The van der Waals surface area contributed by atoms with Crippen molar-refractivity contribution in [1.29, 1.82) is 0 Å². The summed E-state index contributed by atoms with van der Waals surface area (Å²) in [5.74, 6) is -0.0850. The SMILES string of the molecule is O=C1C(Br)=Cc2c(Cl)sc(Cl)c21. The summed E-state index contributed by atoms with van der Waals surface area (Å²) in [6, 6.07) is 0. The van der Waals surface area contributed by atoms with Gasteiger partial charge in [0.2, 0.25) is 5.78 Å². The van der Waals surface area contributed by atoms with Crippen molar-refractivity contribution in [1.82, 2.24) is 0 Å². The molecule has 1 aliphatic carbocycles. The first-order valence-electron chi connectivity index (χ1n) is 3.01. The third-order valence-electron chi connectivity index (χ3n) is 1.57. The van der Waals surface area contributed by atoms with Crippen LogP contribution in [0.5, 0.6) is 0 Å². The second-order valence-corrected chi connectivity index (χ2v) is 5.34. The zero-order chi connectivity index (χ0) is 8.88. The summed E-state index contributed by atoms with van der Waals surface area (Å²) in [5.41, 5.74) is 1.27. The number of fused-ring (bicyclic) bond motifs is 1. The largest absolute Gasteiger partial charge is 0.288 e. The molecule has 0 amide bonds. The summed E-state index contributed by atoms with van der Waals surface area (Å²) >= 11 is 16.0. The predicted molar refractivity (Wildman–Crippen MR) is 55.6 cm³/mol. The molecular formula is C7HBrCl2OS. The number of hydrogen-bond donors (Lipinski definition) is 0. The molecule has 0 spiro atoms. The first-order valence-corrected chi connectivity index (χ1v) is 5.37. The highest BCUT2D eigenvalue weighted by Crippen LogP contribution is 2.43. The molecule has 1 aliphatic rings. The Labute approximate surface area is 91.1 Å². The number of hydrogen-bond acceptors (Lipinski definition) is 2. The van der Waals surface area contributed by atoms with E-state index in [0.717, 1.165) is 5.56 Å². The van der Waals surface area contributed by atoms with Crippen molar-refractivity contribution >= 4 is 62.3 Å². The van der Waals surface area contributed by atoms with Crippen molar-refractivity contribution in [3.63, 3.8) is 0 Å². The van der Waals surface area contributed by atoms with E-state index < -0.39 is 0 Å². The van der Waals surface area contributed by atoms with Crippen LogP contribution in [0.25, 0.3) is 6.08 Å². The Kier molecular flexibility index (Phi) is 2.07. The van der Waals surface area contributed by atoms with Crippen molar-refractivity contribution < 1.29 is 4.79 Å². The van der Waals surface area contributed by atoms with E-state index in [-0.39, 0.29) is 5.78 Å². The molecule has 12 heavy (non-hydrogen) atoms. The average Bonchev–Trinajstić information content (AvgIpc) is 2.41. The van der Waals surface area contributed by atoms with Gasteiger partial charge < -0.3 is 0 Å². The van der Waals surface area contributed by atoms with Gasteiger partial charge in [0, 0.05) is 5.56 Å². The topological polar surface area (TPSA) is 17.1 Å². The van der Waals surface area contributed by atoms with Crippen LogP contribution in [0.2, 0.25) is 8.67 Å².